The van der Waals surface area contributed by atoms with E-state index in [0.717, 1.165) is 29.1 Å². The van der Waals surface area contributed by atoms with Crippen LogP contribution in [0.3, 0.4) is 0 Å². The fourth-order valence-electron chi connectivity index (χ4n) is 2.31. The zero-order valence-electron chi connectivity index (χ0n) is 11.2. The lowest BCUT2D eigenvalue weighted by atomic mass is 10.2. The molecule has 3 rings (SSSR count). The number of furan rings is 1. The number of para-hydroxylation sites is 2. The van der Waals surface area contributed by atoms with Gasteiger partial charge in [0.15, 0.2) is 0 Å². The zero-order chi connectivity index (χ0) is 13.2. The van der Waals surface area contributed by atoms with E-state index in [1.54, 1.807) is 0 Å². The van der Waals surface area contributed by atoms with Gasteiger partial charge in [0.05, 0.1) is 30.5 Å². The van der Waals surface area contributed by atoms with Crippen LogP contribution in [0.1, 0.15) is 17.1 Å². The maximum Gasteiger partial charge on any atom is 0.124 e. The van der Waals surface area contributed by atoms with Gasteiger partial charge in [-0.25, -0.2) is 4.98 Å². The van der Waals surface area contributed by atoms with Gasteiger partial charge < -0.3 is 14.3 Å². The van der Waals surface area contributed by atoms with Crippen molar-refractivity contribution in [3.8, 4) is 0 Å². The Kier molecular flexibility index (Phi) is 3.09. The molecule has 0 radical (unpaired) electrons. The van der Waals surface area contributed by atoms with E-state index in [1.165, 1.54) is 5.56 Å². The second kappa shape index (κ2) is 4.90. The molecule has 4 heteroatoms. The molecule has 19 heavy (non-hydrogen) atoms. The van der Waals surface area contributed by atoms with Crippen LogP contribution in [-0.4, -0.2) is 16.6 Å². The predicted octanol–water partition coefficient (Wildman–Crippen LogP) is 2.71. The smallest absolute Gasteiger partial charge is 0.124 e. The van der Waals surface area contributed by atoms with Crippen molar-refractivity contribution in [3.05, 3.63) is 53.7 Å². The van der Waals surface area contributed by atoms with E-state index < -0.39 is 0 Å². The number of rotatable bonds is 4. The van der Waals surface area contributed by atoms with Crippen LogP contribution < -0.4 is 5.32 Å². The van der Waals surface area contributed by atoms with Gasteiger partial charge in [-0.15, -0.1) is 0 Å². The van der Waals surface area contributed by atoms with Crippen LogP contribution in [0, 0.1) is 6.92 Å². The Morgan fingerprint density at radius 2 is 2.16 bits per heavy atom. The Bertz CT molecular complexity index is 696. The van der Waals surface area contributed by atoms with Gasteiger partial charge in [-0.2, -0.15) is 0 Å². The lowest BCUT2D eigenvalue weighted by Gasteiger charge is -2.01. The number of hydrogen-bond acceptors (Lipinski definition) is 3. The fraction of sp³-hybridized carbons (Fsp3) is 0.267. The van der Waals surface area contributed by atoms with Crippen LogP contribution in [0.5, 0.6) is 0 Å². The Balaban J connectivity index is 1.90. The summed E-state index contributed by atoms with van der Waals surface area (Å²) in [4.78, 5) is 4.39. The van der Waals surface area contributed by atoms with Crippen molar-refractivity contribution in [1.29, 1.82) is 0 Å². The normalized spacial score (nSPS) is 11.3. The van der Waals surface area contributed by atoms with E-state index >= 15 is 0 Å². The average Bonchev–Trinajstić information content (AvgIpc) is 2.96. The Morgan fingerprint density at radius 3 is 3.00 bits per heavy atom. The van der Waals surface area contributed by atoms with Gasteiger partial charge in [0.2, 0.25) is 0 Å². The van der Waals surface area contributed by atoms with Crippen molar-refractivity contribution in [2.45, 2.75) is 20.0 Å². The highest BCUT2D eigenvalue weighted by Crippen LogP contribution is 2.18. The maximum absolute atomic E-state index is 5.87. The molecule has 4 nitrogen and oxygen atoms in total. The molecule has 0 saturated heterocycles. The van der Waals surface area contributed by atoms with Crippen molar-refractivity contribution >= 4 is 11.0 Å². The first-order chi connectivity index (χ1) is 9.28. The first-order valence-corrected chi connectivity index (χ1v) is 6.40. The van der Waals surface area contributed by atoms with Gasteiger partial charge >= 0.3 is 0 Å². The third-order valence-electron chi connectivity index (χ3n) is 3.26. The number of nitrogens with zero attached hydrogens (tertiary/aromatic N) is 2. The van der Waals surface area contributed by atoms with Gasteiger partial charge in [-0.1, -0.05) is 12.1 Å². The van der Waals surface area contributed by atoms with Gasteiger partial charge in [0, 0.05) is 0 Å². The molecule has 0 atom stereocenters. The average molecular weight is 255 g/mol. The molecule has 0 spiro atoms. The predicted molar refractivity (Wildman–Crippen MR) is 75.0 cm³/mol. The summed E-state index contributed by atoms with van der Waals surface area (Å²) in [6, 6.07) is 10.2. The fourth-order valence-corrected chi connectivity index (χ4v) is 2.31. The largest absolute Gasteiger partial charge is 0.463 e. The maximum atomic E-state index is 5.87. The van der Waals surface area contributed by atoms with E-state index in [0.29, 0.717) is 6.54 Å². The van der Waals surface area contributed by atoms with Gasteiger partial charge in [-0.3, -0.25) is 0 Å². The first-order valence-electron chi connectivity index (χ1n) is 6.40. The summed E-state index contributed by atoms with van der Waals surface area (Å²) in [5, 5.41) is 3.11. The van der Waals surface area contributed by atoms with Crippen LogP contribution in [0.4, 0.5) is 0 Å². The molecule has 1 aromatic carbocycles. The molecule has 0 unspecified atom stereocenters. The summed E-state index contributed by atoms with van der Waals surface area (Å²) in [5.41, 5.74) is 3.33. The summed E-state index contributed by atoms with van der Waals surface area (Å²) in [7, 11) is 1.92. The Labute approximate surface area is 112 Å². The quantitative estimate of drug-likeness (QED) is 0.779. The van der Waals surface area contributed by atoms with Gasteiger partial charge in [0.25, 0.3) is 0 Å². The van der Waals surface area contributed by atoms with Crippen molar-refractivity contribution in [2.75, 3.05) is 7.05 Å². The highest BCUT2D eigenvalue weighted by molar-refractivity contribution is 5.74. The molecule has 0 fully saturated rings. The molecule has 2 aromatic heterocycles. The van der Waals surface area contributed by atoms with Gasteiger partial charge in [0.1, 0.15) is 11.5 Å². The minimum atomic E-state index is 0.713. The number of imidazole rings is 1. The molecular formula is C15H17N3O. The number of benzene rings is 1. The molecule has 0 bridgehead atoms. The molecule has 0 aliphatic heterocycles. The van der Waals surface area contributed by atoms with Crippen molar-refractivity contribution in [3.63, 3.8) is 0 Å². The van der Waals surface area contributed by atoms with E-state index in [9.17, 15) is 0 Å². The van der Waals surface area contributed by atoms with E-state index in [-0.39, 0.29) is 0 Å². The molecule has 0 amide bonds. The minimum Gasteiger partial charge on any atom is -0.463 e. The zero-order valence-corrected chi connectivity index (χ0v) is 11.2. The summed E-state index contributed by atoms with van der Waals surface area (Å²) in [6.45, 7) is 3.55. The number of aryl methyl sites for hydroxylation is 1. The molecule has 0 saturated carbocycles. The number of hydrogen-bond donors (Lipinski definition) is 1. The lowest BCUT2D eigenvalue weighted by Crippen LogP contribution is -2.04. The van der Waals surface area contributed by atoms with Crippen molar-refractivity contribution in [1.82, 2.24) is 14.9 Å². The summed E-state index contributed by atoms with van der Waals surface area (Å²) in [5.74, 6) is 1.97. The van der Waals surface area contributed by atoms with Crippen molar-refractivity contribution < 1.29 is 4.42 Å². The lowest BCUT2D eigenvalue weighted by molar-refractivity contribution is 0.444. The third-order valence-corrected chi connectivity index (χ3v) is 3.26. The van der Waals surface area contributed by atoms with Crippen LogP contribution in [0.25, 0.3) is 11.0 Å². The first kappa shape index (κ1) is 12.0. The highest BCUT2D eigenvalue weighted by atomic mass is 16.3. The Morgan fingerprint density at radius 1 is 1.32 bits per heavy atom. The van der Waals surface area contributed by atoms with Crippen molar-refractivity contribution in [2.24, 2.45) is 0 Å². The molecule has 2 heterocycles. The number of nitrogens with one attached hydrogen (secondary N) is 1. The Hall–Kier alpha value is -2.07. The number of aromatic nitrogens is 2. The monoisotopic (exact) mass is 255 g/mol. The standard InChI is InChI=1S/C15H17N3O/c1-11-7-12(19-15(11)8-16-2)9-18-10-17-13-5-3-4-6-14(13)18/h3-7,10,16H,8-9H2,1-2H3. The molecule has 1 N–H and O–H groups in total. The second-order valence-corrected chi connectivity index (χ2v) is 4.71. The van der Waals surface area contributed by atoms with Crippen LogP contribution >= 0.6 is 0 Å². The minimum absolute atomic E-state index is 0.713. The molecule has 3 aromatic rings. The summed E-state index contributed by atoms with van der Waals surface area (Å²) < 4.78 is 7.97. The molecule has 98 valence electrons. The topological polar surface area (TPSA) is 43.0 Å². The summed E-state index contributed by atoms with van der Waals surface area (Å²) >= 11 is 0. The van der Waals surface area contributed by atoms with Crippen LogP contribution in [0.15, 0.2) is 41.1 Å². The molecule has 0 aliphatic carbocycles. The van der Waals surface area contributed by atoms with E-state index in [1.807, 2.05) is 31.6 Å². The van der Waals surface area contributed by atoms with Gasteiger partial charge in [-0.05, 0) is 37.7 Å². The van der Waals surface area contributed by atoms with E-state index in [4.69, 9.17) is 4.42 Å². The molecular weight excluding hydrogens is 238 g/mol. The molecule has 0 aliphatic rings. The third kappa shape index (κ3) is 2.27. The number of fused-ring (bicyclic) bond motifs is 1. The second-order valence-electron chi connectivity index (χ2n) is 4.71. The van der Waals surface area contributed by atoms with Crippen LogP contribution in [-0.2, 0) is 13.1 Å². The summed E-state index contributed by atoms with van der Waals surface area (Å²) in [6.07, 6.45) is 1.86. The van der Waals surface area contributed by atoms with Crippen LogP contribution in [0.2, 0.25) is 0 Å². The highest BCUT2D eigenvalue weighted by Gasteiger charge is 2.09. The SMILES string of the molecule is CNCc1oc(Cn2cnc3ccccc32)cc1C. The van der Waals surface area contributed by atoms with E-state index in [2.05, 4.69) is 33.9 Å².